The van der Waals surface area contributed by atoms with Crippen molar-refractivity contribution in [2.24, 2.45) is 35.0 Å². The normalized spacial score (nSPS) is 40.6. The molecule has 0 radical (unpaired) electrons. The molecule has 4 rings (SSSR count). The third-order valence-corrected chi connectivity index (χ3v) is 12.3. The van der Waals surface area contributed by atoms with E-state index in [2.05, 4.69) is 19.9 Å². The zero-order valence-corrected chi connectivity index (χ0v) is 31.3. The van der Waals surface area contributed by atoms with Gasteiger partial charge in [-0.25, -0.2) is 0 Å². The molecule has 8 nitrogen and oxygen atoms in total. The number of epoxide rings is 1. The summed E-state index contributed by atoms with van der Waals surface area (Å²) < 4.78 is 11.1. The lowest BCUT2D eigenvalue weighted by atomic mass is 9.54. The number of aliphatic hydroxyl groups is 2. The van der Waals surface area contributed by atoms with Crippen LogP contribution < -0.4 is 0 Å². The maximum absolute atomic E-state index is 15.1. The molecule has 272 valence electrons. The number of fused-ring (bicyclic) bond motifs is 4. The van der Waals surface area contributed by atoms with Crippen molar-refractivity contribution < 1.29 is 38.9 Å². The van der Waals surface area contributed by atoms with Gasteiger partial charge in [0.2, 0.25) is 0 Å². The van der Waals surface area contributed by atoms with Crippen LogP contribution in [0.15, 0.2) is 46.1 Å². The fraction of sp³-hybridized carbons (Fsp3) is 0.707. The molecule has 1 heterocycles. The van der Waals surface area contributed by atoms with Crippen LogP contribution in [0, 0.1) is 35.0 Å². The van der Waals surface area contributed by atoms with Crippen LogP contribution in [0.2, 0.25) is 0 Å². The Hall–Kier alpha value is -2.68. The topological polar surface area (TPSA) is 130 Å². The molecular formula is C41H60O8. The van der Waals surface area contributed by atoms with E-state index in [9.17, 15) is 24.6 Å². The molecule has 0 aromatic rings. The first kappa shape index (κ1) is 39.1. The summed E-state index contributed by atoms with van der Waals surface area (Å²) >= 11 is 0. The molecule has 3 aliphatic carbocycles. The average Bonchev–Trinajstić information content (AvgIpc) is 3.69. The lowest BCUT2D eigenvalue weighted by Gasteiger charge is -2.49. The number of ether oxygens (including phenoxy) is 2. The minimum Gasteiger partial charge on any atom is -0.469 e. The van der Waals surface area contributed by atoms with Crippen molar-refractivity contribution in [1.82, 2.24) is 0 Å². The summed E-state index contributed by atoms with van der Waals surface area (Å²) in [6, 6.07) is 0. The van der Waals surface area contributed by atoms with E-state index in [1.165, 1.54) is 7.11 Å². The summed E-state index contributed by atoms with van der Waals surface area (Å²) in [5, 5.41) is 23.6. The maximum Gasteiger partial charge on any atom is 0.309 e. The maximum atomic E-state index is 15.1. The number of methoxy groups -OCH3 is 1. The Balaban J connectivity index is 1.87. The van der Waals surface area contributed by atoms with E-state index in [1.54, 1.807) is 6.08 Å². The minimum absolute atomic E-state index is 0.0122. The molecule has 49 heavy (non-hydrogen) atoms. The smallest absolute Gasteiger partial charge is 0.309 e. The molecule has 0 aromatic heterocycles. The predicted octanol–water partition coefficient (Wildman–Crippen LogP) is 6.97. The number of carbonyl (C=O) groups excluding carboxylic acids is 4. The second kappa shape index (κ2) is 15.7. The number of allylic oxidation sites excluding steroid dienone is 6. The largest absolute Gasteiger partial charge is 0.469 e. The average molecular weight is 681 g/mol. The third-order valence-electron chi connectivity index (χ3n) is 12.3. The Morgan fingerprint density at radius 2 is 1.61 bits per heavy atom. The number of hydrogen-bond acceptors (Lipinski definition) is 8. The molecule has 0 spiro atoms. The first-order chi connectivity index (χ1) is 22.9. The van der Waals surface area contributed by atoms with Crippen LogP contribution in [0.1, 0.15) is 120 Å². The zero-order chi connectivity index (χ0) is 36.4. The Labute approximate surface area is 293 Å². The van der Waals surface area contributed by atoms with E-state index in [0.29, 0.717) is 30.4 Å². The van der Waals surface area contributed by atoms with E-state index in [0.717, 1.165) is 42.4 Å². The molecule has 1 fully saturated rings. The number of Topliss-reactive ketones (excluding diaryl/α,β-unsaturated/α-hetero) is 2. The van der Waals surface area contributed by atoms with Gasteiger partial charge in [-0.15, -0.1) is 0 Å². The molecule has 2 N–H and O–H groups in total. The van der Waals surface area contributed by atoms with Crippen molar-refractivity contribution in [3.8, 4) is 0 Å². The molecular weight excluding hydrogens is 620 g/mol. The second-order valence-electron chi connectivity index (χ2n) is 16.3. The molecule has 0 unspecified atom stereocenters. The summed E-state index contributed by atoms with van der Waals surface area (Å²) in [4.78, 5) is 54.8. The molecule has 9 atom stereocenters. The van der Waals surface area contributed by atoms with Gasteiger partial charge in [-0.3, -0.25) is 19.2 Å². The standard InChI is InChI=1S/C41H60O8/c1-23(2)31-22-34(44)41(8)29(14-12-24(3)17-30(42)20-28(21-33(31)43)39(47)48-9)19-27(6)36-32(41)18-25(4)13-15-35-40(7,49-35)16-10-11-26(5)37(45)38(36)46/h11,17-18,23,28-29,31-32,35,37-38,45-46H,10,12-16,19-22H2,1-9H3/b24-17-,25-18+,26-11+/t28-,29-,31-,32-,35-,37+,38+,40-,41+/m0/s1. The van der Waals surface area contributed by atoms with Gasteiger partial charge in [0.15, 0.2) is 5.78 Å². The van der Waals surface area contributed by atoms with Crippen LogP contribution in [-0.2, 0) is 28.7 Å². The van der Waals surface area contributed by atoms with E-state index in [4.69, 9.17) is 9.47 Å². The Morgan fingerprint density at radius 3 is 2.27 bits per heavy atom. The van der Waals surface area contributed by atoms with Gasteiger partial charge in [-0.1, -0.05) is 49.6 Å². The Morgan fingerprint density at radius 1 is 0.939 bits per heavy atom. The molecule has 0 amide bonds. The van der Waals surface area contributed by atoms with Crippen molar-refractivity contribution in [2.75, 3.05) is 7.11 Å². The Kier molecular flexibility index (Phi) is 12.5. The summed E-state index contributed by atoms with van der Waals surface area (Å²) in [6.07, 6.45) is 8.14. The lowest BCUT2D eigenvalue weighted by Crippen LogP contribution is -2.50. The van der Waals surface area contributed by atoms with Crippen LogP contribution in [0.25, 0.3) is 0 Å². The molecule has 8 heteroatoms. The summed E-state index contributed by atoms with van der Waals surface area (Å²) in [6.45, 7) is 15.7. The highest BCUT2D eigenvalue weighted by molar-refractivity contribution is 5.96. The van der Waals surface area contributed by atoms with Crippen LogP contribution in [-0.4, -0.2) is 64.6 Å². The fourth-order valence-electron chi connectivity index (χ4n) is 8.76. The predicted molar refractivity (Wildman–Crippen MR) is 189 cm³/mol. The molecule has 1 saturated heterocycles. The third kappa shape index (κ3) is 8.62. The highest BCUT2D eigenvalue weighted by Crippen LogP contribution is 2.54. The monoisotopic (exact) mass is 680 g/mol. The van der Waals surface area contributed by atoms with Crippen LogP contribution in [0.4, 0.5) is 0 Å². The van der Waals surface area contributed by atoms with Gasteiger partial charge in [0.25, 0.3) is 0 Å². The van der Waals surface area contributed by atoms with E-state index in [1.807, 2.05) is 47.6 Å². The van der Waals surface area contributed by atoms with Gasteiger partial charge < -0.3 is 19.7 Å². The number of esters is 1. The minimum atomic E-state index is -1.21. The van der Waals surface area contributed by atoms with Gasteiger partial charge in [-0.05, 0) is 109 Å². The van der Waals surface area contributed by atoms with E-state index >= 15 is 4.79 Å². The van der Waals surface area contributed by atoms with Crippen molar-refractivity contribution >= 4 is 23.3 Å². The van der Waals surface area contributed by atoms with E-state index in [-0.39, 0.29) is 60.2 Å². The molecule has 0 aromatic carbocycles. The van der Waals surface area contributed by atoms with Gasteiger partial charge in [0, 0.05) is 36.5 Å². The van der Waals surface area contributed by atoms with Crippen molar-refractivity contribution in [3.05, 3.63) is 46.1 Å². The molecule has 1 aliphatic heterocycles. The highest BCUT2D eigenvalue weighted by Gasteiger charge is 2.54. The van der Waals surface area contributed by atoms with Gasteiger partial charge in [0.05, 0.1) is 24.7 Å². The highest BCUT2D eigenvalue weighted by atomic mass is 16.6. The fourth-order valence-corrected chi connectivity index (χ4v) is 8.76. The van der Waals surface area contributed by atoms with E-state index < -0.39 is 41.3 Å². The van der Waals surface area contributed by atoms with Crippen LogP contribution in [0.5, 0.6) is 0 Å². The van der Waals surface area contributed by atoms with Gasteiger partial charge in [-0.2, -0.15) is 0 Å². The van der Waals surface area contributed by atoms with Crippen LogP contribution in [0.3, 0.4) is 0 Å². The summed E-state index contributed by atoms with van der Waals surface area (Å²) in [5.41, 5.74) is 3.05. The van der Waals surface area contributed by atoms with Crippen LogP contribution >= 0.6 is 0 Å². The number of aliphatic hydroxyl groups excluding tert-OH is 2. The molecule has 0 bridgehead atoms. The SMILES string of the molecule is COC(=O)[C@H]1CC(=O)/C=C(/C)CC[C@H]2CC(C)=C3[C@@H](O)[C@H](O)/C(C)=C/CC[C@]4(C)O[C@H]4CC/C(C)=C/[C@@H]3[C@]2(C)C(=O)C[C@@H](C(C)C)C(=O)C1. The molecule has 4 aliphatic rings. The van der Waals surface area contributed by atoms with Gasteiger partial charge >= 0.3 is 5.97 Å². The number of hydrogen-bond donors (Lipinski definition) is 2. The summed E-state index contributed by atoms with van der Waals surface area (Å²) in [7, 11) is 1.25. The number of ketones is 3. The Bertz CT molecular complexity index is 1430. The van der Waals surface area contributed by atoms with Gasteiger partial charge in [0.1, 0.15) is 23.8 Å². The van der Waals surface area contributed by atoms with Crippen molar-refractivity contribution in [1.29, 1.82) is 0 Å². The number of carbonyl (C=O) groups is 4. The van der Waals surface area contributed by atoms with Crippen molar-refractivity contribution in [3.63, 3.8) is 0 Å². The first-order valence-corrected chi connectivity index (χ1v) is 18.3. The first-order valence-electron chi connectivity index (χ1n) is 18.3. The van der Waals surface area contributed by atoms with Crippen molar-refractivity contribution in [2.45, 2.75) is 144 Å². The second-order valence-corrected chi connectivity index (χ2v) is 16.3. The lowest BCUT2D eigenvalue weighted by molar-refractivity contribution is -0.149. The zero-order valence-electron chi connectivity index (χ0n) is 31.3. The summed E-state index contributed by atoms with van der Waals surface area (Å²) in [5.74, 6) is -3.52. The molecule has 0 saturated carbocycles. The quantitative estimate of drug-likeness (QED) is 0.182. The number of rotatable bonds is 2.